The van der Waals surface area contributed by atoms with Gasteiger partial charge in [0.05, 0.1) is 11.4 Å². The molecule has 10 heteroatoms. The molecular formula is C24H26BrN3O5S. The number of Topliss-reactive ketones (excluding diaryl/α,β-unsaturated/α-hetero) is 1. The van der Waals surface area contributed by atoms with Gasteiger partial charge >= 0.3 is 0 Å². The van der Waals surface area contributed by atoms with E-state index in [0.29, 0.717) is 32.2 Å². The number of halogens is 1. The highest BCUT2D eigenvalue weighted by Gasteiger charge is 2.43. The van der Waals surface area contributed by atoms with Gasteiger partial charge in [-0.25, -0.2) is 8.42 Å². The SMILES string of the molecule is O=C1CC2CCC(C1)N2C(=O)CN1CCC[C@H](NS(=O)(=O)c2ccc3cc(Br)ccc3c2)C1=O. The molecular weight excluding hydrogens is 522 g/mol. The summed E-state index contributed by atoms with van der Waals surface area (Å²) in [7, 11) is -3.92. The second kappa shape index (κ2) is 9.05. The largest absolute Gasteiger partial charge is 0.334 e. The number of benzene rings is 2. The number of ketones is 1. The van der Waals surface area contributed by atoms with E-state index < -0.39 is 16.1 Å². The summed E-state index contributed by atoms with van der Waals surface area (Å²) in [4.78, 5) is 41.3. The smallest absolute Gasteiger partial charge is 0.242 e. The third-order valence-corrected chi connectivity index (χ3v) is 9.04. The fourth-order valence-corrected chi connectivity index (χ4v) is 7.08. The predicted molar refractivity (Wildman–Crippen MR) is 129 cm³/mol. The van der Waals surface area contributed by atoms with Crippen LogP contribution in [0.5, 0.6) is 0 Å². The van der Waals surface area contributed by atoms with Crippen LogP contribution in [0.1, 0.15) is 38.5 Å². The topological polar surface area (TPSA) is 104 Å². The van der Waals surface area contributed by atoms with Crippen molar-refractivity contribution < 1.29 is 22.8 Å². The number of amides is 2. The number of nitrogens with one attached hydrogen (secondary N) is 1. The minimum Gasteiger partial charge on any atom is -0.334 e. The van der Waals surface area contributed by atoms with E-state index in [1.807, 2.05) is 18.2 Å². The molecule has 1 N–H and O–H groups in total. The molecule has 0 saturated carbocycles. The van der Waals surface area contributed by atoms with E-state index in [4.69, 9.17) is 0 Å². The third-order valence-electron chi connectivity index (χ3n) is 7.07. The van der Waals surface area contributed by atoms with Crippen molar-refractivity contribution in [1.82, 2.24) is 14.5 Å². The predicted octanol–water partition coefficient (Wildman–Crippen LogP) is 2.59. The number of carbonyl (C=O) groups is 3. The van der Waals surface area contributed by atoms with Crippen LogP contribution in [0.3, 0.4) is 0 Å². The number of piperidine rings is 2. The van der Waals surface area contributed by atoms with Crippen molar-refractivity contribution in [2.45, 2.75) is 61.5 Å². The van der Waals surface area contributed by atoms with Gasteiger partial charge in [0.1, 0.15) is 11.8 Å². The molecule has 0 spiro atoms. The molecule has 3 saturated heterocycles. The number of hydrogen-bond acceptors (Lipinski definition) is 5. The summed E-state index contributed by atoms with van der Waals surface area (Å²) in [6, 6.07) is 9.39. The normalized spacial score (nSPS) is 25.3. The fourth-order valence-electron chi connectivity index (χ4n) is 5.45. The number of carbonyl (C=O) groups excluding carboxylic acids is 3. The van der Waals surface area contributed by atoms with E-state index in [1.54, 1.807) is 17.0 Å². The Morgan fingerprint density at radius 2 is 1.68 bits per heavy atom. The summed E-state index contributed by atoms with van der Waals surface area (Å²) in [6.07, 6.45) is 3.40. The van der Waals surface area contributed by atoms with Gasteiger partial charge in [-0.2, -0.15) is 4.72 Å². The van der Waals surface area contributed by atoms with E-state index in [2.05, 4.69) is 20.7 Å². The summed E-state index contributed by atoms with van der Waals surface area (Å²) >= 11 is 3.41. The quantitative estimate of drug-likeness (QED) is 0.619. The molecule has 8 nitrogen and oxygen atoms in total. The minimum absolute atomic E-state index is 0.0681. The minimum atomic E-state index is -3.92. The lowest BCUT2D eigenvalue weighted by molar-refractivity contribution is -0.146. The Kier molecular flexibility index (Phi) is 6.24. The molecule has 3 aliphatic rings. The van der Waals surface area contributed by atoms with Crippen molar-refractivity contribution in [1.29, 1.82) is 0 Å². The Morgan fingerprint density at radius 1 is 1.00 bits per heavy atom. The van der Waals surface area contributed by atoms with E-state index in [1.165, 1.54) is 11.0 Å². The number of hydrogen-bond donors (Lipinski definition) is 1. The molecule has 3 aliphatic heterocycles. The standard InChI is InChI=1S/C24H26BrN3O5S/c25-17-5-3-16-11-21(8-4-15(16)10-17)34(32,33)26-22-2-1-9-27(24(22)31)14-23(30)28-18-6-7-19(28)13-20(29)12-18/h3-5,8,10-11,18-19,22,26H,1-2,6-7,9,12-14H2/t18?,19?,22-/m0/s1. The van der Waals surface area contributed by atoms with Crippen LogP contribution in [-0.2, 0) is 24.4 Å². The van der Waals surface area contributed by atoms with Gasteiger partial charge in [-0.1, -0.05) is 28.1 Å². The van der Waals surface area contributed by atoms with Crippen molar-refractivity contribution in [3.05, 3.63) is 40.9 Å². The maximum Gasteiger partial charge on any atom is 0.242 e. The van der Waals surface area contributed by atoms with Crippen LogP contribution in [0.15, 0.2) is 45.8 Å². The molecule has 3 heterocycles. The first kappa shape index (κ1) is 23.4. The zero-order valence-corrected chi connectivity index (χ0v) is 21.0. The van der Waals surface area contributed by atoms with Crippen LogP contribution < -0.4 is 4.72 Å². The summed E-state index contributed by atoms with van der Waals surface area (Å²) in [5.74, 6) is -0.340. The molecule has 0 radical (unpaired) electrons. The van der Waals surface area contributed by atoms with Crippen LogP contribution in [0, 0.1) is 0 Å². The monoisotopic (exact) mass is 547 g/mol. The second-order valence-corrected chi connectivity index (χ2v) is 12.0. The number of sulfonamides is 1. The van der Waals surface area contributed by atoms with Gasteiger partial charge in [0.15, 0.2) is 0 Å². The van der Waals surface area contributed by atoms with Gasteiger partial charge < -0.3 is 9.80 Å². The first-order valence-electron chi connectivity index (χ1n) is 11.5. The molecule has 2 aromatic rings. The maximum atomic E-state index is 13.1. The van der Waals surface area contributed by atoms with E-state index in [-0.39, 0.29) is 41.1 Å². The highest BCUT2D eigenvalue weighted by molar-refractivity contribution is 9.10. The lowest BCUT2D eigenvalue weighted by Gasteiger charge is -2.37. The molecule has 3 atom stereocenters. The Hall–Kier alpha value is -2.30. The number of likely N-dealkylation sites (tertiary alicyclic amines) is 1. The molecule has 2 aromatic carbocycles. The van der Waals surface area contributed by atoms with Gasteiger partial charge in [0.2, 0.25) is 21.8 Å². The lowest BCUT2D eigenvalue weighted by Crippen LogP contribution is -2.56. The molecule has 2 amide bonds. The Morgan fingerprint density at radius 3 is 2.41 bits per heavy atom. The van der Waals surface area contributed by atoms with Gasteiger partial charge in [0, 0.05) is 35.9 Å². The first-order valence-corrected chi connectivity index (χ1v) is 13.8. The van der Waals surface area contributed by atoms with E-state index >= 15 is 0 Å². The Labute approximate surface area is 206 Å². The van der Waals surface area contributed by atoms with Gasteiger partial charge in [-0.15, -0.1) is 0 Å². The zero-order valence-electron chi connectivity index (χ0n) is 18.6. The molecule has 180 valence electrons. The Balaban J connectivity index is 1.27. The van der Waals surface area contributed by atoms with Crippen LogP contribution in [0.4, 0.5) is 0 Å². The van der Waals surface area contributed by atoms with Crippen LogP contribution >= 0.6 is 15.9 Å². The van der Waals surface area contributed by atoms with Crippen molar-refractivity contribution in [2.75, 3.05) is 13.1 Å². The molecule has 2 unspecified atom stereocenters. The third kappa shape index (κ3) is 4.50. The average Bonchev–Trinajstić information content (AvgIpc) is 3.07. The van der Waals surface area contributed by atoms with Crippen LogP contribution in [0.2, 0.25) is 0 Å². The summed E-state index contributed by atoms with van der Waals surface area (Å²) < 4.78 is 29.6. The van der Waals surface area contributed by atoms with Gasteiger partial charge in [-0.3, -0.25) is 14.4 Å². The zero-order chi connectivity index (χ0) is 24.0. The molecule has 0 aliphatic carbocycles. The van der Waals surface area contributed by atoms with Crippen molar-refractivity contribution in [3.8, 4) is 0 Å². The summed E-state index contributed by atoms with van der Waals surface area (Å²) in [5, 5.41) is 1.68. The Bertz CT molecular complexity index is 1260. The van der Waals surface area contributed by atoms with Crippen LogP contribution in [-0.4, -0.2) is 67.0 Å². The van der Waals surface area contributed by atoms with Crippen molar-refractivity contribution >= 4 is 54.3 Å². The van der Waals surface area contributed by atoms with Crippen molar-refractivity contribution in [2.24, 2.45) is 0 Å². The van der Waals surface area contributed by atoms with E-state index in [0.717, 1.165) is 28.1 Å². The average molecular weight is 548 g/mol. The second-order valence-electron chi connectivity index (χ2n) is 9.36. The molecule has 2 bridgehead atoms. The number of fused-ring (bicyclic) bond motifs is 3. The fraction of sp³-hybridized carbons (Fsp3) is 0.458. The molecule has 34 heavy (non-hydrogen) atoms. The first-order chi connectivity index (χ1) is 16.2. The van der Waals surface area contributed by atoms with Gasteiger partial charge in [-0.05, 0) is 60.7 Å². The summed E-state index contributed by atoms with van der Waals surface area (Å²) in [5.41, 5.74) is 0. The summed E-state index contributed by atoms with van der Waals surface area (Å²) in [6.45, 7) is 0.332. The molecule has 5 rings (SSSR count). The molecule has 3 fully saturated rings. The van der Waals surface area contributed by atoms with Gasteiger partial charge in [0.25, 0.3) is 0 Å². The highest BCUT2D eigenvalue weighted by atomic mass is 79.9. The van der Waals surface area contributed by atoms with Crippen LogP contribution in [0.25, 0.3) is 10.8 Å². The highest BCUT2D eigenvalue weighted by Crippen LogP contribution is 2.34. The lowest BCUT2D eigenvalue weighted by atomic mass is 10.0. The maximum absolute atomic E-state index is 13.1. The number of rotatable bonds is 5. The molecule has 0 aromatic heterocycles. The van der Waals surface area contributed by atoms with E-state index in [9.17, 15) is 22.8 Å². The number of nitrogens with zero attached hydrogens (tertiary/aromatic N) is 2. The van der Waals surface area contributed by atoms with Crippen molar-refractivity contribution in [3.63, 3.8) is 0 Å².